The maximum atomic E-state index is 12.2. The second-order valence-corrected chi connectivity index (χ2v) is 5.63. The van der Waals surface area contributed by atoms with Gasteiger partial charge in [-0.25, -0.2) is 9.78 Å². The predicted molar refractivity (Wildman–Crippen MR) is 94.3 cm³/mol. The average Bonchev–Trinajstić information content (AvgIpc) is 3.16. The zero-order valence-electron chi connectivity index (χ0n) is 14.0. The van der Waals surface area contributed by atoms with E-state index >= 15 is 0 Å². The molecule has 0 bridgehead atoms. The van der Waals surface area contributed by atoms with E-state index in [2.05, 4.69) is 9.97 Å². The first-order valence-corrected chi connectivity index (χ1v) is 8.01. The van der Waals surface area contributed by atoms with Crippen molar-refractivity contribution in [1.82, 2.24) is 23.7 Å². The normalized spacial score (nSPS) is 11.1. The number of hydrogen-bond acceptors (Lipinski definition) is 4. The van der Waals surface area contributed by atoms with E-state index in [1.807, 2.05) is 50.4 Å². The number of hydrogen-bond donors (Lipinski definition) is 0. The predicted octanol–water partition coefficient (Wildman–Crippen LogP) is 2.73. The Morgan fingerprint density at radius 1 is 1.12 bits per heavy atom. The molecule has 7 heteroatoms. The Hall–Kier alpha value is -3.35. The van der Waals surface area contributed by atoms with Crippen molar-refractivity contribution in [3.8, 4) is 17.4 Å². The first-order chi connectivity index (χ1) is 12.2. The van der Waals surface area contributed by atoms with Crippen molar-refractivity contribution in [2.24, 2.45) is 7.05 Å². The Labute approximate surface area is 143 Å². The summed E-state index contributed by atoms with van der Waals surface area (Å²) in [7, 11) is 1.86. The Kier molecular flexibility index (Phi) is 3.61. The molecule has 0 spiro atoms. The third kappa shape index (κ3) is 2.59. The average molecular weight is 335 g/mol. The zero-order valence-corrected chi connectivity index (χ0v) is 14.0. The van der Waals surface area contributed by atoms with Crippen molar-refractivity contribution in [3.63, 3.8) is 0 Å². The molecule has 0 saturated carbocycles. The van der Waals surface area contributed by atoms with Gasteiger partial charge < -0.3 is 4.74 Å². The van der Waals surface area contributed by atoms with Gasteiger partial charge in [0.2, 0.25) is 0 Å². The summed E-state index contributed by atoms with van der Waals surface area (Å²) in [6, 6.07) is 11.5. The van der Waals surface area contributed by atoms with Crippen LogP contribution in [0, 0.1) is 0 Å². The number of ether oxygens (including phenoxy) is 1. The molecule has 0 fully saturated rings. The first kappa shape index (κ1) is 15.2. The number of imidazole rings is 2. The highest BCUT2D eigenvalue weighted by molar-refractivity contribution is 5.71. The van der Waals surface area contributed by atoms with E-state index in [0.29, 0.717) is 18.3 Å². The summed E-state index contributed by atoms with van der Waals surface area (Å²) in [5.41, 5.74) is 2.28. The number of aromatic nitrogens is 5. The lowest BCUT2D eigenvalue weighted by atomic mass is 10.3. The molecular weight excluding hydrogens is 318 g/mol. The van der Waals surface area contributed by atoms with Crippen LogP contribution in [0.1, 0.15) is 6.92 Å². The van der Waals surface area contributed by atoms with Gasteiger partial charge in [0.15, 0.2) is 5.65 Å². The lowest BCUT2D eigenvalue weighted by Crippen LogP contribution is -2.22. The van der Waals surface area contributed by atoms with Crippen LogP contribution in [0.15, 0.2) is 59.8 Å². The highest BCUT2D eigenvalue weighted by Gasteiger charge is 2.11. The quantitative estimate of drug-likeness (QED) is 0.575. The van der Waals surface area contributed by atoms with E-state index in [9.17, 15) is 4.79 Å². The van der Waals surface area contributed by atoms with Crippen LogP contribution >= 0.6 is 0 Å². The number of benzene rings is 1. The van der Waals surface area contributed by atoms with Crippen molar-refractivity contribution in [2.75, 3.05) is 0 Å². The van der Waals surface area contributed by atoms with Gasteiger partial charge in [0.05, 0.1) is 5.69 Å². The molecule has 3 aromatic heterocycles. The van der Waals surface area contributed by atoms with Crippen molar-refractivity contribution < 1.29 is 4.74 Å². The number of pyridine rings is 1. The van der Waals surface area contributed by atoms with E-state index < -0.39 is 0 Å². The summed E-state index contributed by atoms with van der Waals surface area (Å²) in [5, 5.41) is 0. The van der Waals surface area contributed by atoms with Crippen molar-refractivity contribution >= 4 is 11.2 Å². The monoisotopic (exact) mass is 335 g/mol. The zero-order chi connectivity index (χ0) is 17.4. The van der Waals surface area contributed by atoms with Crippen LogP contribution in [0.4, 0.5) is 0 Å². The molecule has 0 saturated heterocycles. The first-order valence-electron chi connectivity index (χ1n) is 8.01. The summed E-state index contributed by atoms with van der Waals surface area (Å²) in [6.45, 7) is 2.59. The van der Waals surface area contributed by atoms with Gasteiger partial charge in [-0.1, -0.05) is 0 Å². The molecular formula is C18H17N5O2. The Morgan fingerprint density at radius 2 is 1.92 bits per heavy atom. The van der Waals surface area contributed by atoms with Crippen LogP contribution < -0.4 is 10.4 Å². The molecule has 0 aliphatic rings. The molecule has 126 valence electrons. The van der Waals surface area contributed by atoms with Crippen molar-refractivity contribution in [1.29, 1.82) is 0 Å². The lowest BCUT2D eigenvalue weighted by Gasteiger charge is -2.06. The molecule has 3 heterocycles. The second kappa shape index (κ2) is 5.94. The summed E-state index contributed by atoms with van der Waals surface area (Å²) >= 11 is 0. The van der Waals surface area contributed by atoms with E-state index in [1.54, 1.807) is 32.3 Å². The van der Waals surface area contributed by atoms with E-state index in [-0.39, 0.29) is 5.69 Å². The number of fused-ring (bicyclic) bond motifs is 1. The van der Waals surface area contributed by atoms with Gasteiger partial charge in [-0.2, -0.15) is 4.98 Å². The molecule has 0 atom stereocenters. The fourth-order valence-electron chi connectivity index (χ4n) is 2.72. The van der Waals surface area contributed by atoms with Crippen LogP contribution in [-0.4, -0.2) is 23.7 Å². The molecule has 0 amide bonds. The summed E-state index contributed by atoms with van der Waals surface area (Å²) in [4.78, 5) is 20.9. The fraction of sp³-hybridized carbons (Fsp3) is 0.167. The second-order valence-electron chi connectivity index (χ2n) is 5.63. The molecule has 0 aliphatic carbocycles. The minimum absolute atomic E-state index is 0.0578. The van der Waals surface area contributed by atoms with Gasteiger partial charge in [-0.3, -0.25) is 13.7 Å². The number of nitrogens with zero attached hydrogens (tertiary/aromatic N) is 5. The standard InChI is InChI=1S/C18H17N5O2/c1-3-22-11-12-23(18(22)24)13-6-8-14(9-7-13)25-17-20-15-5-4-10-19-16(15)21(17)2/h4-12H,3H2,1-2H3. The third-order valence-electron chi connectivity index (χ3n) is 4.10. The number of rotatable bonds is 4. The van der Waals surface area contributed by atoms with Crippen LogP contribution in [-0.2, 0) is 13.6 Å². The van der Waals surface area contributed by atoms with Gasteiger partial charge >= 0.3 is 11.7 Å². The smallest absolute Gasteiger partial charge is 0.332 e. The highest BCUT2D eigenvalue weighted by Crippen LogP contribution is 2.24. The van der Waals surface area contributed by atoms with Gasteiger partial charge in [-0.15, -0.1) is 0 Å². The topological polar surface area (TPSA) is 66.9 Å². The van der Waals surface area contributed by atoms with E-state index in [0.717, 1.165) is 16.9 Å². The Bertz CT molecular complexity index is 1090. The summed E-state index contributed by atoms with van der Waals surface area (Å²) in [5.74, 6) is 0.644. The molecule has 0 radical (unpaired) electrons. The lowest BCUT2D eigenvalue weighted by molar-refractivity contribution is 0.427. The minimum Gasteiger partial charge on any atom is -0.425 e. The molecule has 0 N–H and O–H groups in total. The maximum Gasteiger partial charge on any atom is 0.332 e. The SMILES string of the molecule is CCn1ccn(-c2ccc(Oc3nc4cccnc4n3C)cc2)c1=O. The molecule has 1 aromatic carbocycles. The largest absolute Gasteiger partial charge is 0.425 e. The van der Waals surface area contributed by atoms with Gasteiger partial charge in [-0.05, 0) is 43.3 Å². The summed E-state index contributed by atoms with van der Waals surface area (Å²) < 4.78 is 10.9. The number of aryl methyl sites for hydroxylation is 2. The molecule has 0 unspecified atom stereocenters. The van der Waals surface area contributed by atoms with Crippen molar-refractivity contribution in [3.05, 3.63) is 65.5 Å². The molecule has 0 aliphatic heterocycles. The molecule has 4 rings (SSSR count). The maximum absolute atomic E-state index is 12.2. The van der Waals surface area contributed by atoms with Gasteiger partial charge in [0.1, 0.15) is 11.3 Å². The Balaban J connectivity index is 1.62. The summed E-state index contributed by atoms with van der Waals surface area (Å²) in [6.07, 6.45) is 5.26. The fourth-order valence-corrected chi connectivity index (χ4v) is 2.72. The highest BCUT2D eigenvalue weighted by atomic mass is 16.5. The Morgan fingerprint density at radius 3 is 2.60 bits per heavy atom. The van der Waals surface area contributed by atoms with E-state index in [4.69, 9.17) is 4.74 Å². The minimum atomic E-state index is -0.0578. The van der Waals surface area contributed by atoms with Crippen LogP contribution in [0.2, 0.25) is 0 Å². The molecule has 4 aromatic rings. The van der Waals surface area contributed by atoms with Gasteiger partial charge in [0.25, 0.3) is 0 Å². The van der Waals surface area contributed by atoms with Crippen LogP contribution in [0.25, 0.3) is 16.9 Å². The van der Waals surface area contributed by atoms with Crippen molar-refractivity contribution in [2.45, 2.75) is 13.5 Å². The molecule has 7 nitrogen and oxygen atoms in total. The third-order valence-corrected chi connectivity index (χ3v) is 4.10. The van der Waals surface area contributed by atoms with Crippen LogP contribution in [0.5, 0.6) is 11.8 Å². The molecule has 25 heavy (non-hydrogen) atoms. The van der Waals surface area contributed by atoms with Gasteiger partial charge in [0, 0.05) is 32.2 Å². The van der Waals surface area contributed by atoms with E-state index in [1.165, 1.54) is 0 Å². The van der Waals surface area contributed by atoms with Crippen LogP contribution in [0.3, 0.4) is 0 Å².